The van der Waals surface area contributed by atoms with Crippen LogP contribution in [-0.2, 0) is 0 Å². The van der Waals surface area contributed by atoms with Gasteiger partial charge in [0.05, 0.1) is 0 Å². The van der Waals surface area contributed by atoms with Gasteiger partial charge in [-0.15, -0.1) is 0 Å². The van der Waals surface area contributed by atoms with Crippen LogP contribution in [0.4, 0.5) is 0 Å². The molecule has 0 spiro atoms. The minimum atomic E-state index is -1.94. The summed E-state index contributed by atoms with van der Waals surface area (Å²) in [6, 6.07) is 20.5. The third-order valence-electron chi connectivity index (χ3n) is 4.67. The van der Waals surface area contributed by atoms with Gasteiger partial charge >= 0.3 is 149 Å². The molecule has 1 heterocycles. The van der Waals surface area contributed by atoms with Crippen molar-refractivity contribution in [3.8, 4) is 0 Å². The maximum Gasteiger partial charge on any atom is 0 e. The molecule has 0 bridgehead atoms. The first-order valence-corrected chi connectivity index (χ1v) is 13.1. The first kappa shape index (κ1) is 19.9. The van der Waals surface area contributed by atoms with E-state index < -0.39 is 19.8 Å². The van der Waals surface area contributed by atoms with E-state index in [0.717, 1.165) is 0 Å². The van der Waals surface area contributed by atoms with Crippen molar-refractivity contribution in [2.45, 2.75) is 50.4 Å². The zero-order chi connectivity index (χ0) is 16.4. The number of fused-ring (bicyclic) bond motifs is 1. The standard InChI is InChI=1S/C18H18.C4H9.Li.Sn/c1-2-3-12-18(17-13-8-5-9-14-17)15-16-10-6-4-7-11-16;1-4(2)3;;/h4-11,13H,2-3,12H2,1H3;1-3H3;;. The summed E-state index contributed by atoms with van der Waals surface area (Å²) in [7, 11) is 0. The fraction of sp³-hybridized carbons (Fsp3) is 0.364. The van der Waals surface area contributed by atoms with E-state index in [1.165, 1.54) is 24.8 Å². The third-order valence-corrected chi connectivity index (χ3v) is 14.8. The van der Waals surface area contributed by atoms with Crippen LogP contribution in [0.2, 0.25) is 3.43 Å². The van der Waals surface area contributed by atoms with Crippen LogP contribution in [0.3, 0.4) is 0 Å². The second kappa shape index (κ2) is 8.30. The molecular formula is C22H27LiSn. The molecule has 1 aliphatic heterocycles. The smallest absolute Gasteiger partial charge is 0 e. The molecule has 0 nitrogen and oxygen atoms in total. The zero-order valence-electron chi connectivity index (χ0n) is 15.8. The largest absolute Gasteiger partial charge is 0 e. The minimum absolute atomic E-state index is 0. The monoisotopic (exact) mass is 418 g/mol. The second-order valence-corrected chi connectivity index (χ2v) is 16.9. The molecule has 1 aliphatic rings. The van der Waals surface area contributed by atoms with Crippen LogP contribution in [0.5, 0.6) is 0 Å². The molecule has 0 saturated carbocycles. The molecular weight excluding hydrogens is 390 g/mol. The van der Waals surface area contributed by atoms with Crippen LogP contribution in [0, 0.1) is 0 Å². The van der Waals surface area contributed by atoms with Crippen LogP contribution < -0.4 is 3.58 Å². The molecule has 0 amide bonds. The van der Waals surface area contributed by atoms with Crippen LogP contribution >= 0.6 is 0 Å². The Bertz CT molecular complexity index is 710. The molecule has 0 atom stereocenters. The van der Waals surface area contributed by atoms with E-state index in [1.807, 2.05) is 0 Å². The average Bonchev–Trinajstić information content (AvgIpc) is 2.88. The van der Waals surface area contributed by atoms with Crippen molar-refractivity contribution in [3.05, 3.63) is 65.7 Å². The Balaban J connectivity index is 0.00000208. The molecule has 0 aromatic heterocycles. The van der Waals surface area contributed by atoms with E-state index in [0.29, 0.717) is 3.43 Å². The van der Waals surface area contributed by atoms with E-state index in [4.69, 9.17) is 0 Å². The van der Waals surface area contributed by atoms with Crippen molar-refractivity contribution >= 4 is 51.4 Å². The SMILES string of the molecule is CCCCC1=[C](c2ccccc2)[Sn]([C](C)(C)C)[c]2ccccc21.[Li]. The van der Waals surface area contributed by atoms with Crippen LogP contribution in [0.25, 0.3) is 9.16 Å². The molecule has 2 aromatic rings. The molecule has 0 N–H and O–H groups in total. The van der Waals surface area contributed by atoms with Crippen molar-refractivity contribution in [2.24, 2.45) is 0 Å². The van der Waals surface area contributed by atoms with Crippen molar-refractivity contribution in [1.82, 2.24) is 0 Å². The van der Waals surface area contributed by atoms with Crippen molar-refractivity contribution < 1.29 is 0 Å². The van der Waals surface area contributed by atoms with Gasteiger partial charge in [0, 0.05) is 18.9 Å². The number of hydrogen-bond donors (Lipinski definition) is 0. The fourth-order valence-corrected chi connectivity index (χ4v) is 14.0. The zero-order valence-corrected chi connectivity index (χ0v) is 18.7. The molecule has 120 valence electrons. The van der Waals surface area contributed by atoms with Gasteiger partial charge in [-0.1, -0.05) is 0 Å². The fourth-order valence-electron chi connectivity index (χ4n) is 3.70. The van der Waals surface area contributed by atoms with Crippen molar-refractivity contribution in [1.29, 1.82) is 0 Å². The van der Waals surface area contributed by atoms with E-state index >= 15 is 0 Å². The summed E-state index contributed by atoms with van der Waals surface area (Å²) in [5.41, 5.74) is 4.72. The quantitative estimate of drug-likeness (QED) is 0.580. The summed E-state index contributed by atoms with van der Waals surface area (Å²) in [5, 5.41) is 0. The van der Waals surface area contributed by atoms with Gasteiger partial charge in [-0.25, -0.2) is 0 Å². The van der Waals surface area contributed by atoms with E-state index in [1.54, 1.807) is 18.3 Å². The molecule has 24 heavy (non-hydrogen) atoms. The average molecular weight is 417 g/mol. The topological polar surface area (TPSA) is 0 Å². The van der Waals surface area contributed by atoms with Gasteiger partial charge < -0.3 is 0 Å². The third kappa shape index (κ3) is 3.87. The van der Waals surface area contributed by atoms with Gasteiger partial charge in [-0.05, 0) is 0 Å². The van der Waals surface area contributed by atoms with Gasteiger partial charge in [-0.3, -0.25) is 0 Å². The molecule has 2 aromatic carbocycles. The Hall–Kier alpha value is -0.424. The maximum atomic E-state index is 2.46. The van der Waals surface area contributed by atoms with Gasteiger partial charge in [-0.2, -0.15) is 0 Å². The first-order chi connectivity index (χ1) is 11.0. The second-order valence-electron chi connectivity index (χ2n) is 7.49. The summed E-state index contributed by atoms with van der Waals surface area (Å²) in [5.74, 6) is 0. The molecule has 0 saturated heterocycles. The normalized spacial score (nSPS) is 14.5. The molecule has 0 aliphatic carbocycles. The summed E-state index contributed by atoms with van der Waals surface area (Å²) in [6.07, 6.45) is 3.79. The molecule has 2 heteroatoms. The number of benzene rings is 2. The molecule has 2 radical (unpaired) electrons. The molecule has 0 unspecified atom stereocenters. The first-order valence-electron chi connectivity index (χ1n) is 8.80. The predicted octanol–water partition coefficient (Wildman–Crippen LogP) is 5.46. The predicted molar refractivity (Wildman–Crippen MR) is 110 cm³/mol. The Labute approximate surface area is 166 Å². The summed E-state index contributed by atoms with van der Waals surface area (Å²) < 4.78 is 3.89. The van der Waals surface area contributed by atoms with Crippen molar-refractivity contribution in [3.63, 3.8) is 0 Å². The Kier molecular flexibility index (Phi) is 6.88. The maximum absolute atomic E-state index is 2.46. The molecule has 0 fully saturated rings. The molecule has 3 rings (SSSR count). The van der Waals surface area contributed by atoms with Crippen LogP contribution in [0.15, 0.2) is 54.6 Å². The number of unbranched alkanes of at least 4 members (excludes halogenated alkanes) is 1. The van der Waals surface area contributed by atoms with Crippen LogP contribution in [-0.4, -0.2) is 38.6 Å². The van der Waals surface area contributed by atoms with E-state index in [2.05, 4.69) is 82.3 Å². The van der Waals surface area contributed by atoms with Gasteiger partial charge in [0.1, 0.15) is 0 Å². The van der Waals surface area contributed by atoms with Crippen molar-refractivity contribution in [2.75, 3.05) is 0 Å². The van der Waals surface area contributed by atoms with Gasteiger partial charge in [0.15, 0.2) is 0 Å². The summed E-state index contributed by atoms with van der Waals surface area (Å²) in [4.78, 5) is 0. The Morgan fingerprint density at radius 1 is 0.875 bits per heavy atom. The number of allylic oxidation sites excluding steroid dienone is 1. The minimum Gasteiger partial charge on any atom is 0 e. The number of hydrogen-bond acceptors (Lipinski definition) is 0. The van der Waals surface area contributed by atoms with Gasteiger partial charge in [0.2, 0.25) is 0 Å². The summed E-state index contributed by atoms with van der Waals surface area (Å²) >= 11 is -1.94. The van der Waals surface area contributed by atoms with Gasteiger partial charge in [0.25, 0.3) is 0 Å². The number of rotatable bonds is 4. The van der Waals surface area contributed by atoms with E-state index in [9.17, 15) is 0 Å². The van der Waals surface area contributed by atoms with E-state index in [-0.39, 0.29) is 18.9 Å². The van der Waals surface area contributed by atoms with Crippen LogP contribution in [0.1, 0.15) is 58.1 Å². The Morgan fingerprint density at radius 2 is 1.50 bits per heavy atom. The summed E-state index contributed by atoms with van der Waals surface area (Å²) in [6.45, 7) is 9.69. The Morgan fingerprint density at radius 3 is 2.12 bits per heavy atom.